The van der Waals surface area contributed by atoms with Crippen molar-refractivity contribution in [2.45, 2.75) is 25.8 Å². The second-order valence-electron chi connectivity index (χ2n) is 5.02. The molecular weight excluding hydrogens is 242 g/mol. The topological polar surface area (TPSA) is 67.1 Å². The molecule has 0 saturated carbocycles. The molecule has 3 rings (SSSR count). The molecule has 0 atom stereocenters. The van der Waals surface area contributed by atoms with Gasteiger partial charge in [0.1, 0.15) is 5.52 Å². The molecule has 0 amide bonds. The van der Waals surface area contributed by atoms with Crippen LogP contribution in [0.25, 0.3) is 10.9 Å². The number of aromatic nitrogens is 2. The third-order valence-corrected chi connectivity index (χ3v) is 3.86. The molecule has 0 unspecified atom stereocenters. The number of rotatable bonds is 2. The van der Waals surface area contributed by atoms with Gasteiger partial charge in [0, 0.05) is 11.1 Å². The fraction of sp³-hybridized carbons (Fsp3) is 0.429. The number of nitrogens with one attached hydrogen (secondary N) is 1. The van der Waals surface area contributed by atoms with E-state index in [4.69, 9.17) is 0 Å². The Labute approximate surface area is 111 Å². The van der Waals surface area contributed by atoms with Gasteiger partial charge in [-0.2, -0.15) is 5.10 Å². The molecule has 0 radical (unpaired) electrons. The first kappa shape index (κ1) is 12.2. The number of carboxylic acid groups (broad SMARTS) is 1. The fourth-order valence-electron chi connectivity index (χ4n) is 2.83. The average Bonchev–Trinajstić information content (AvgIpc) is 2.77. The first-order valence-corrected chi connectivity index (χ1v) is 6.60. The third kappa shape index (κ3) is 2.00. The molecule has 1 aliphatic heterocycles. The minimum Gasteiger partial charge on any atom is -0.478 e. The zero-order valence-electron chi connectivity index (χ0n) is 10.9. The van der Waals surface area contributed by atoms with E-state index < -0.39 is 5.97 Å². The van der Waals surface area contributed by atoms with Crippen molar-refractivity contribution < 1.29 is 9.90 Å². The Morgan fingerprint density at radius 2 is 2.16 bits per heavy atom. The molecule has 1 aromatic heterocycles. The van der Waals surface area contributed by atoms with Crippen LogP contribution in [0.2, 0.25) is 0 Å². The summed E-state index contributed by atoms with van der Waals surface area (Å²) in [4.78, 5) is 11.3. The number of carboxylic acids is 1. The molecule has 100 valence electrons. The van der Waals surface area contributed by atoms with Crippen LogP contribution in [0.4, 0.5) is 0 Å². The maximum Gasteiger partial charge on any atom is 0.337 e. The average molecular weight is 259 g/mol. The van der Waals surface area contributed by atoms with Crippen molar-refractivity contribution in [3.8, 4) is 0 Å². The standard InChI is InChI=1S/C14H17N3O2/c1-9-11-3-2-4-12(14(18)19)13(11)16-17(9)10-5-7-15-8-6-10/h2-4,10,15H,5-8H2,1H3,(H,18,19). The highest BCUT2D eigenvalue weighted by atomic mass is 16.4. The summed E-state index contributed by atoms with van der Waals surface area (Å²) in [6.07, 6.45) is 2.08. The maximum atomic E-state index is 11.3. The molecule has 1 aliphatic rings. The van der Waals surface area contributed by atoms with Gasteiger partial charge in [-0.3, -0.25) is 4.68 Å². The Balaban J connectivity index is 2.13. The molecule has 2 aromatic rings. The largest absolute Gasteiger partial charge is 0.478 e. The van der Waals surface area contributed by atoms with Crippen LogP contribution < -0.4 is 5.32 Å². The summed E-state index contributed by atoms with van der Waals surface area (Å²) >= 11 is 0. The number of aryl methyl sites for hydroxylation is 1. The molecule has 1 fully saturated rings. The number of hydrogen-bond acceptors (Lipinski definition) is 3. The second kappa shape index (κ2) is 4.66. The molecule has 5 heteroatoms. The van der Waals surface area contributed by atoms with Gasteiger partial charge in [0.2, 0.25) is 0 Å². The zero-order chi connectivity index (χ0) is 13.4. The van der Waals surface area contributed by atoms with Crippen LogP contribution in [-0.2, 0) is 0 Å². The van der Waals surface area contributed by atoms with Crippen molar-refractivity contribution in [2.24, 2.45) is 0 Å². The molecule has 2 N–H and O–H groups in total. The zero-order valence-corrected chi connectivity index (χ0v) is 10.9. The summed E-state index contributed by atoms with van der Waals surface area (Å²) in [7, 11) is 0. The SMILES string of the molecule is Cc1c2cccc(C(=O)O)c2nn1C1CCNCC1. The molecule has 19 heavy (non-hydrogen) atoms. The Hall–Kier alpha value is -1.88. The van der Waals surface area contributed by atoms with Crippen molar-refractivity contribution in [2.75, 3.05) is 13.1 Å². The van der Waals surface area contributed by atoms with Crippen molar-refractivity contribution in [1.29, 1.82) is 0 Å². The van der Waals surface area contributed by atoms with Gasteiger partial charge in [-0.1, -0.05) is 12.1 Å². The van der Waals surface area contributed by atoms with Gasteiger partial charge in [0.05, 0.1) is 11.6 Å². The van der Waals surface area contributed by atoms with Crippen molar-refractivity contribution in [3.63, 3.8) is 0 Å². The lowest BCUT2D eigenvalue weighted by Crippen LogP contribution is -2.30. The summed E-state index contributed by atoms with van der Waals surface area (Å²) in [5, 5.41) is 18.1. The Morgan fingerprint density at radius 3 is 2.84 bits per heavy atom. The van der Waals surface area contributed by atoms with E-state index in [9.17, 15) is 9.90 Å². The predicted molar refractivity (Wildman–Crippen MR) is 72.6 cm³/mol. The lowest BCUT2D eigenvalue weighted by atomic mass is 10.1. The number of hydrogen-bond donors (Lipinski definition) is 2. The smallest absolute Gasteiger partial charge is 0.337 e. The van der Waals surface area contributed by atoms with Crippen LogP contribution in [0.5, 0.6) is 0 Å². The summed E-state index contributed by atoms with van der Waals surface area (Å²) in [5.41, 5.74) is 1.95. The minimum absolute atomic E-state index is 0.285. The number of fused-ring (bicyclic) bond motifs is 1. The number of aromatic carboxylic acids is 1. The number of benzene rings is 1. The highest BCUT2D eigenvalue weighted by Gasteiger charge is 2.21. The highest BCUT2D eigenvalue weighted by molar-refractivity contribution is 6.02. The van der Waals surface area contributed by atoms with E-state index in [2.05, 4.69) is 10.4 Å². The summed E-state index contributed by atoms with van der Waals surface area (Å²) < 4.78 is 2.01. The summed E-state index contributed by atoms with van der Waals surface area (Å²) in [6.45, 7) is 4.00. The Kier molecular flexibility index (Phi) is 2.98. The first-order valence-electron chi connectivity index (χ1n) is 6.60. The van der Waals surface area contributed by atoms with Crippen molar-refractivity contribution >= 4 is 16.9 Å². The van der Waals surface area contributed by atoms with Crippen molar-refractivity contribution in [3.05, 3.63) is 29.5 Å². The Bertz CT molecular complexity index is 627. The van der Waals surface area contributed by atoms with E-state index in [1.54, 1.807) is 12.1 Å². The van der Waals surface area contributed by atoms with Gasteiger partial charge in [0.15, 0.2) is 0 Å². The van der Waals surface area contributed by atoms with Crippen LogP contribution in [-0.4, -0.2) is 33.9 Å². The fourth-order valence-corrected chi connectivity index (χ4v) is 2.83. The quantitative estimate of drug-likeness (QED) is 0.865. The first-order chi connectivity index (χ1) is 9.18. The molecule has 5 nitrogen and oxygen atoms in total. The van der Waals surface area contributed by atoms with Gasteiger partial charge in [-0.25, -0.2) is 4.79 Å². The van der Waals surface area contributed by atoms with Crippen LogP contribution >= 0.6 is 0 Å². The van der Waals surface area contributed by atoms with Gasteiger partial charge >= 0.3 is 5.97 Å². The predicted octanol–water partition coefficient (Wildman–Crippen LogP) is 1.97. The molecule has 0 bridgehead atoms. The van der Waals surface area contributed by atoms with E-state index in [0.717, 1.165) is 37.0 Å². The molecule has 2 heterocycles. The molecule has 0 aliphatic carbocycles. The maximum absolute atomic E-state index is 11.3. The lowest BCUT2D eigenvalue weighted by Gasteiger charge is -2.24. The molecule has 1 aromatic carbocycles. The molecule has 1 saturated heterocycles. The van der Waals surface area contributed by atoms with Gasteiger partial charge < -0.3 is 10.4 Å². The third-order valence-electron chi connectivity index (χ3n) is 3.86. The monoisotopic (exact) mass is 259 g/mol. The van der Waals surface area contributed by atoms with Gasteiger partial charge in [0.25, 0.3) is 0 Å². The van der Waals surface area contributed by atoms with E-state index in [0.29, 0.717) is 11.6 Å². The van der Waals surface area contributed by atoms with E-state index >= 15 is 0 Å². The minimum atomic E-state index is -0.916. The highest BCUT2D eigenvalue weighted by Crippen LogP contribution is 2.27. The van der Waals surface area contributed by atoms with Gasteiger partial charge in [-0.05, 0) is 38.9 Å². The van der Waals surface area contributed by atoms with E-state index in [1.165, 1.54) is 0 Å². The van der Waals surface area contributed by atoms with Crippen LogP contribution in [0.3, 0.4) is 0 Å². The number of carbonyl (C=O) groups is 1. The van der Waals surface area contributed by atoms with E-state index in [1.807, 2.05) is 17.7 Å². The Morgan fingerprint density at radius 1 is 1.42 bits per heavy atom. The van der Waals surface area contributed by atoms with Gasteiger partial charge in [-0.15, -0.1) is 0 Å². The van der Waals surface area contributed by atoms with E-state index in [-0.39, 0.29) is 5.56 Å². The van der Waals surface area contributed by atoms with Crippen molar-refractivity contribution in [1.82, 2.24) is 15.1 Å². The normalized spacial score (nSPS) is 16.9. The summed E-state index contributed by atoms with van der Waals surface area (Å²) in [6, 6.07) is 5.72. The number of nitrogens with zero attached hydrogens (tertiary/aromatic N) is 2. The number of piperidine rings is 1. The van der Waals surface area contributed by atoms with Crippen LogP contribution in [0.15, 0.2) is 18.2 Å². The molecule has 0 spiro atoms. The summed E-state index contributed by atoms with van der Waals surface area (Å²) in [5.74, 6) is -0.916. The molecular formula is C14H17N3O2. The van der Waals surface area contributed by atoms with Crippen LogP contribution in [0, 0.1) is 6.92 Å². The lowest BCUT2D eigenvalue weighted by molar-refractivity contribution is 0.0698. The van der Waals surface area contributed by atoms with Crippen LogP contribution in [0.1, 0.15) is 34.9 Å². The second-order valence-corrected chi connectivity index (χ2v) is 5.02.